The Labute approximate surface area is 138 Å². The zero-order valence-electron chi connectivity index (χ0n) is 12.5. The number of rotatable bonds is 6. The Hall–Kier alpha value is -1.16. The zero-order chi connectivity index (χ0) is 17.0. The summed E-state index contributed by atoms with van der Waals surface area (Å²) in [4.78, 5) is 10.6. The van der Waals surface area contributed by atoms with Crippen molar-refractivity contribution < 1.29 is 23.1 Å². The molecule has 0 aromatic heterocycles. The lowest BCUT2D eigenvalue weighted by Gasteiger charge is -2.28. The topological polar surface area (TPSA) is 105 Å². The maximum absolute atomic E-state index is 12.4. The highest BCUT2D eigenvalue weighted by Crippen LogP contribution is 2.21. The number of benzene rings is 1. The van der Waals surface area contributed by atoms with E-state index in [1.807, 2.05) is 20.8 Å². The number of halogens is 1. The molecule has 0 bridgehead atoms. The number of hydrogen-bond acceptors (Lipinski definition) is 5. The highest BCUT2D eigenvalue weighted by Gasteiger charge is 2.26. The predicted molar refractivity (Wildman–Crippen MR) is 85.1 cm³/mol. The molecule has 9 heteroatoms. The summed E-state index contributed by atoms with van der Waals surface area (Å²) in [5.74, 6) is 0. The standard InChI is InChI=1S/C13H19BrN2O5S/c1-13(2,3)15-11(8-21-12(17)18)16-22(19,20)10-7-5-4-6-9(10)14/h4-7,11,15-16H,8H2,1-3H3,(H,17,18). The van der Waals surface area contributed by atoms with Crippen LogP contribution < -0.4 is 10.0 Å². The molecule has 0 aliphatic heterocycles. The van der Waals surface area contributed by atoms with E-state index < -0.39 is 27.9 Å². The second-order valence-electron chi connectivity index (χ2n) is 5.58. The number of hydrogen-bond donors (Lipinski definition) is 3. The van der Waals surface area contributed by atoms with Crippen molar-refractivity contribution in [3.05, 3.63) is 28.7 Å². The Balaban J connectivity index is 2.96. The minimum Gasteiger partial charge on any atom is -0.450 e. The largest absolute Gasteiger partial charge is 0.505 e. The van der Waals surface area contributed by atoms with Gasteiger partial charge in [0.15, 0.2) is 0 Å². The third-order valence-electron chi connectivity index (χ3n) is 2.40. The first-order valence-corrected chi connectivity index (χ1v) is 8.69. The molecule has 1 aromatic carbocycles. The summed E-state index contributed by atoms with van der Waals surface area (Å²) in [6.07, 6.45) is -2.37. The molecule has 3 N–H and O–H groups in total. The Morgan fingerprint density at radius 1 is 1.36 bits per heavy atom. The van der Waals surface area contributed by atoms with Gasteiger partial charge in [-0.1, -0.05) is 12.1 Å². The van der Waals surface area contributed by atoms with Crippen molar-refractivity contribution in [3.63, 3.8) is 0 Å². The number of nitrogens with one attached hydrogen (secondary N) is 2. The van der Waals surface area contributed by atoms with E-state index in [-0.39, 0.29) is 11.5 Å². The number of ether oxygens (including phenoxy) is 1. The molecule has 0 amide bonds. The van der Waals surface area contributed by atoms with Crippen molar-refractivity contribution in [1.82, 2.24) is 10.0 Å². The molecule has 0 saturated carbocycles. The van der Waals surface area contributed by atoms with Crippen LogP contribution in [-0.4, -0.2) is 38.0 Å². The van der Waals surface area contributed by atoms with Crippen LogP contribution in [-0.2, 0) is 14.8 Å². The summed E-state index contributed by atoms with van der Waals surface area (Å²) in [5, 5.41) is 11.5. The summed E-state index contributed by atoms with van der Waals surface area (Å²) in [5.41, 5.74) is -0.441. The van der Waals surface area contributed by atoms with Crippen molar-refractivity contribution in [2.75, 3.05) is 6.61 Å². The van der Waals surface area contributed by atoms with Gasteiger partial charge in [-0.3, -0.25) is 5.32 Å². The summed E-state index contributed by atoms with van der Waals surface area (Å²) in [6.45, 7) is 5.13. The van der Waals surface area contributed by atoms with E-state index in [0.717, 1.165) is 0 Å². The third kappa shape index (κ3) is 6.30. The molecule has 0 heterocycles. The quantitative estimate of drug-likeness (QED) is 0.504. The summed E-state index contributed by atoms with van der Waals surface area (Å²) in [6, 6.07) is 6.34. The Morgan fingerprint density at radius 3 is 2.45 bits per heavy atom. The van der Waals surface area contributed by atoms with Gasteiger partial charge in [0.25, 0.3) is 0 Å². The van der Waals surface area contributed by atoms with Gasteiger partial charge in [-0.05, 0) is 48.8 Å². The Bertz CT molecular complexity index is 628. The van der Waals surface area contributed by atoms with Gasteiger partial charge in [-0.25, -0.2) is 13.2 Å². The van der Waals surface area contributed by atoms with Crippen LogP contribution in [0.4, 0.5) is 4.79 Å². The van der Waals surface area contributed by atoms with Crippen molar-refractivity contribution >= 4 is 32.1 Å². The molecule has 22 heavy (non-hydrogen) atoms. The molecule has 124 valence electrons. The van der Waals surface area contributed by atoms with Gasteiger partial charge in [0.1, 0.15) is 12.8 Å². The van der Waals surface area contributed by atoms with Gasteiger partial charge in [0.05, 0.1) is 4.90 Å². The van der Waals surface area contributed by atoms with Crippen molar-refractivity contribution in [2.45, 2.75) is 37.4 Å². The first-order valence-electron chi connectivity index (χ1n) is 6.41. The SMILES string of the molecule is CC(C)(C)NC(COC(=O)O)NS(=O)(=O)c1ccccc1Br. The molecule has 0 spiro atoms. The van der Waals surface area contributed by atoms with Gasteiger partial charge >= 0.3 is 6.16 Å². The monoisotopic (exact) mass is 394 g/mol. The van der Waals surface area contributed by atoms with Crippen LogP contribution >= 0.6 is 15.9 Å². The fraction of sp³-hybridized carbons (Fsp3) is 0.462. The number of carbonyl (C=O) groups is 1. The van der Waals surface area contributed by atoms with Crippen LogP contribution in [0.3, 0.4) is 0 Å². The summed E-state index contributed by atoms with van der Waals surface area (Å²) >= 11 is 3.18. The van der Waals surface area contributed by atoms with Gasteiger partial charge in [0, 0.05) is 10.0 Å². The third-order valence-corrected chi connectivity index (χ3v) is 4.89. The Kier molecular flexibility index (Phi) is 6.36. The zero-order valence-corrected chi connectivity index (χ0v) is 14.9. The van der Waals surface area contributed by atoms with E-state index in [0.29, 0.717) is 4.47 Å². The van der Waals surface area contributed by atoms with Crippen LogP contribution in [0.5, 0.6) is 0 Å². The molecule has 1 rings (SSSR count). The van der Waals surface area contributed by atoms with E-state index in [1.54, 1.807) is 18.2 Å². The van der Waals surface area contributed by atoms with Crippen LogP contribution in [0, 0.1) is 0 Å². The maximum atomic E-state index is 12.4. The fourth-order valence-corrected chi connectivity index (χ4v) is 3.83. The first-order chi connectivity index (χ1) is 10.0. The molecule has 7 nitrogen and oxygen atoms in total. The average Bonchev–Trinajstić information content (AvgIpc) is 2.34. The van der Waals surface area contributed by atoms with Crippen LogP contribution in [0.1, 0.15) is 20.8 Å². The molecule has 0 saturated heterocycles. The van der Waals surface area contributed by atoms with Gasteiger partial charge in [-0.15, -0.1) is 0 Å². The summed E-state index contributed by atoms with van der Waals surface area (Å²) in [7, 11) is -3.84. The molecular formula is C13H19BrN2O5S. The molecule has 0 aliphatic rings. The fourth-order valence-electron chi connectivity index (χ4n) is 1.70. The predicted octanol–water partition coefficient (Wildman–Crippen LogP) is 2.14. The highest BCUT2D eigenvalue weighted by atomic mass is 79.9. The smallest absolute Gasteiger partial charge is 0.450 e. The van der Waals surface area contributed by atoms with Crippen LogP contribution in [0.2, 0.25) is 0 Å². The summed E-state index contributed by atoms with van der Waals surface area (Å²) < 4.78 is 32.1. The number of sulfonamides is 1. The molecular weight excluding hydrogens is 376 g/mol. The number of carboxylic acid groups (broad SMARTS) is 1. The van der Waals surface area contributed by atoms with Crippen molar-refractivity contribution in [3.8, 4) is 0 Å². The molecule has 0 radical (unpaired) electrons. The van der Waals surface area contributed by atoms with E-state index in [9.17, 15) is 13.2 Å². The second-order valence-corrected chi connectivity index (χ2v) is 8.11. The van der Waals surface area contributed by atoms with Crippen LogP contribution in [0.25, 0.3) is 0 Å². The van der Waals surface area contributed by atoms with Gasteiger partial charge in [-0.2, -0.15) is 4.72 Å². The second kappa shape index (κ2) is 7.40. The normalized spacial score (nSPS) is 13.6. The van der Waals surface area contributed by atoms with E-state index in [1.165, 1.54) is 6.07 Å². The Morgan fingerprint density at radius 2 is 1.95 bits per heavy atom. The van der Waals surface area contributed by atoms with Gasteiger partial charge < -0.3 is 9.84 Å². The highest BCUT2D eigenvalue weighted by molar-refractivity contribution is 9.10. The lowest BCUT2D eigenvalue weighted by molar-refractivity contribution is 0.0772. The van der Waals surface area contributed by atoms with Crippen molar-refractivity contribution in [1.29, 1.82) is 0 Å². The first kappa shape index (κ1) is 18.9. The minimum atomic E-state index is -3.84. The average molecular weight is 395 g/mol. The molecule has 1 unspecified atom stereocenters. The van der Waals surface area contributed by atoms with E-state index in [4.69, 9.17) is 5.11 Å². The lowest BCUT2D eigenvalue weighted by atomic mass is 10.1. The molecule has 0 aliphatic carbocycles. The van der Waals surface area contributed by atoms with E-state index >= 15 is 0 Å². The maximum Gasteiger partial charge on any atom is 0.505 e. The van der Waals surface area contributed by atoms with Crippen LogP contribution in [0.15, 0.2) is 33.6 Å². The lowest BCUT2D eigenvalue weighted by Crippen LogP contribution is -2.55. The molecule has 1 atom stereocenters. The molecule has 0 fully saturated rings. The molecule has 1 aromatic rings. The van der Waals surface area contributed by atoms with E-state index in [2.05, 4.69) is 30.7 Å². The van der Waals surface area contributed by atoms with Gasteiger partial charge in [0.2, 0.25) is 10.0 Å². The minimum absolute atomic E-state index is 0.0611. The van der Waals surface area contributed by atoms with Crippen molar-refractivity contribution in [2.24, 2.45) is 0 Å².